The first-order valence-corrected chi connectivity index (χ1v) is 11.7. The maximum absolute atomic E-state index is 13.1. The molecule has 0 saturated carbocycles. The van der Waals surface area contributed by atoms with Crippen molar-refractivity contribution in [1.82, 2.24) is 15.0 Å². The number of para-hydroxylation sites is 2. The van der Waals surface area contributed by atoms with Crippen molar-refractivity contribution in [3.8, 4) is 17.1 Å². The molecule has 0 atom stereocenters. The van der Waals surface area contributed by atoms with Crippen molar-refractivity contribution in [2.75, 3.05) is 30.4 Å². The second kappa shape index (κ2) is 9.23. The first kappa shape index (κ1) is 21.5. The minimum absolute atomic E-state index is 0.0125. The standard InChI is InChI=1S/C25H24BrN5O2/c1-33-22-8-6-17(24-28-19-4-2-3-5-20(19)29-24)14-21(22)30-25(32)16-10-12-31(13-11-16)23-9-7-18(26)15-27-23/h2-9,14-16H,10-13H2,1H3,(H,28,29)(H,30,32). The SMILES string of the molecule is COc1ccc(-c2nc3ccccc3[nH]2)cc1NC(=O)C1CCN(c2ccc(Br)cn2)CC1. The molecule has 2 N–H and O–H groups in total. The number of benzene rings is 2. The third-order valence-electron chi connectivity index (χ3n) is 6.02. The first-order valence-electron chi connectivity index (χ1n) is 10.9. The van der Waals surface area contributed by atoms with Gasteiger partial charge in [0.1, 0.15) is 17.4 Å². The Kier molecular flexibility index (Phi) is 6.00. The van der Waals surface area contributed by atoms with Crippen LogP contribution in [0.25, 0.3) is 22.4 Å². The number of carbonyl (C=O) groups excluding carboxylic acids is 1. The fourth-order valence-corrected chi connectivity index (χ4v) is 4.44. The summed E-state index contributed by atoms with van der Waals surface area (Å²) in [7, 11) is 1.61. The Bertz CT molecular complexity index is 1250. The van der Waals surface area contributed by atoms with Crippen LogP contribution < -0.4 is 15.0 Å². The molecule has 1 amide bonds. The van der Waals surface area contributed by atoms with E-state index in [1.54, 1.807) is 13.3 Å². The molecule has 2 aromatic carbocycles. The number of rotatable bonds is 5. The van der Waals surface area contributed by atoms with Crippen molar-refractivity contribution >= 4 is 44.4 Å². The molecule has 7 nitrogen and oxygen atoms in total. The van der Waals surface area contributed by atoms with Gasteiger partial charge in [-0.05, 0) is 71.2 Å². The summed E-state index contributed by atoms with van der Waals surface area (Å²) in [6.07, 6.45) is 3.35. The lowest BCUT2D eigenvalue weighted by atomic mass is 9.95. The molecule has 1 saturated heterocycles. The van der Waals surface area contributed by atoms with E-state index in [4.69, 9.17) is 4.74 Å². The number of aromatic amines is 1. The maximum atomic E-state index is 13.1. The van der Waals surface area contributed by atoms with Gasteiger partial charge in [0.15, 0.2) is 0 Å². The molecule has 1 aliphatic heterocycles. The molecule has 0 aliphatic carbocycles. The van der Waals surface area contributed by atoms with Gasteiger partial charge in [0.05, 0.1) is 23.8 Å². The van der Waals surface area contributed by atoms with Crippen LogP contribution in [0.3, 0.4) is 0 Å². The Morgan fingerprint density at radius 3 is 2.70 bits per heavy atom. The average Bonchev–Trinajstić information content (AvgIpc) is 3.29. The Labute approximate surface area is 200 Å². The number of fused-ring (bicyclic) bond motifs is 1. The van der Waals surface area contributed by atoms with Gasteiger partial charge in [-0.15, -0.1) is 0 Å². The molecule has 8 heteroatoms. The van der Waals surface area contributed by atoms with E-state index in [1.165, 1.54) is 0 Å². The molecule has 5 rings (SSSR count). The van der Waals surface area contributed by atoms with Gasteiger partial charge in [-0.3, -0.25) is 4.79 Å². The van der Waals surface area contributed by atoms with Gasteiger partial charge in [0, 0.05) is 35.2 Å². The fraction of sp³-hybridized carbons (Fsp3) is 0.240. The Hall–Kier alpha value is -3.39. The largest absolute Gasteiger partial charge is 0.495 e. The molecular weight excluding hydrogens is 482 g/mol. The highest BCUT2D eigenvalue weighted by Crippen LogP contribution is 2.32. The number of nitrogens with one attached hydrogen (secondary N) is 2. The molecule has 3 heterocycles. The second-order valence-corrected chi connectivity index (χ2v) is 9.02. The van der Waals surface area contributed by atoms with Crippen LogP contribution in [0.1, 0.15) is 12.8 Å². The van der Waals surface area contributed by atoms with Gasteiger partial charge in [0.2, 0.25) is 5.91 Å². The zero-order chi connectivity index (χ0) is 22.8. The van der Waals surface area contributed by atoms with Crippen molar-refractivity contribution < 1.29 is 9.53 Å². The van der Waals surface area contributed by atoms with Crippen molar-refractivity contribution in [3.63, 3.8) is 0 Å². The zero-order valence-electron chi connectivity index (χ0n) is 18.2. The predicted molar refractivity (Wildman–Crippen MR) is 134 cm³/mol. The summed E-state index contributed by atoms with van der Waals surface area (Å²) in [6.45, 7) is 1.59. The van der Waals surface area contributed by atoms with Crippen molar-refractivity contribution in [1.29, 1.82) is 0 Å². The van der Waals surface area contributed by atoms with Crippen LogP contribution in [-0.2, 0) is 4.79 Å². The molecular formula is C25H24BrN5O2. The lowest BCUT2D eigenvalue weighted by molar-refractivity contribution is -0.120. The highest BCUT2D eigenvalue weighted by Gasteiger charge is 2.26. The van der Waals surface area contributed by atoms with Crippen LogP contribution in [0.15, 0.2) is 65.3 Å². The monoisotopic (exact) mass is 505 g/mol. The van der Waals surface area contributed by atoms with Crippen LogP contribution in [-0.4, -0.2) is 41.1 Å². The minimum Gasteiger partial charge on any atom is -0.495 e. The van der Waals surface area contributed by atoms with Gasteiger partial charge in [-0.1, -0.05) is 12.1 Å². The number of H-pyrrole nitrogens is 1. The van der Waals surface area contributed by atoms with Crippen molar-refractivity contribution in [3.05, 3.63) is 65.3 Å². The number of imidazole rings is 1. The third kappa shape index (κ3) is 4.57. The summed E-state index contributed by atoms with van der Waals surface area (Å²) in [5.41, 5.74) is 3.41. The van der Waals surface area contributed by atoms with Gasteiger partial charge in [-0.25, -0.2) is 9.97 Å². The number of pyridine rings is 1. The fourth-order valence-electron chi connectivity index (χ4n) is 4.20. The summed E-state index contributed by atoms with van der Waals surface area (Å²) in [5.74, 6) is 2.27. The van der Waals surface area contributed by atoms with Crippen LogP contribution in [0, 0.1) is 5.92 Å². The molecule has 168 valence electrons. The summed E-state index contributed by atoms with van der Waals surface area (Å²) in [4.78, 5) is 27.8. The number of ether oxygens (including phenoxy) is 1. The number of nitrogens with zero attached hydrogens (tertiary/aromatic N) is 3. The van der Waals surface area contributed by atoms with E-state index in [9.17, 15) is 4.79 Å². The lowest BCUT2D eigenvalue weighted by Gasteiger charge is -2.32. The molecule has 4 aromatic rings. The second-order valence-electron chi connectivity index (χ2n) is 8.10. The molecule has 2 aromatic heterocycles. The lowest BCUT2D eigenvalue weighted by Crippen LogP contribution is -2.38. The van der Waals surface area contributed by atoms with Crippen molar-refractivity contribution in [2.24, 2.45) is 5.92 Å². The summed E-state index contributed by atoms with van der Waals surface area (Å²) >= 11 is 3.42. The van der Waals surface area contributed by atoms with Gasteiger partial charge >= 0.3 is 0 Å². The molecule has 0 unspecified atom stereocenters. The average molecular weight is 506 g/mol. The smallest absolute Gasteiger partial charge is 0.227 e. The quantitative estimate of drug-likeness (QED) is 0.386. The number of amides is 1. The first-order chi connectivity index (χ1) is 16.1. The molecule has 1 aliphatic rings. The Balaban J connectivity index is 1.29. The number of anilines is 2. The normalized spacial score (nSPS) is 14.4. The minimum atomic E-state index is -0.0590. The number of carbonyl (C=O) groups is 1. The maximum Gasteiger partial charge on any atom is 0.227 e. The van der Waals surface area contributed by atoms with E-state index < -0.39 is 0 Å². The summed E-state index contributed by atoms with van der Waals surface area (Å²) < 4.78 is 6.46. The molecule has 1 fully saturated rings. The number of hydrogen-bond acceptors (Lipinski definition) is 5. The highest BCUT2D eigenvalue weighted by molar-refractivity contribution is 9.10. The number of halogens is 1. The third-order valence-corrected chi connectivity index (χ3v) is 6.49. The van der Waals surface area contributed by atoms with E-state index in [2.05, 4.69) is 41.1 Å². The number of aromatic nitrogens is 3. The van der Waals surface area contributed by atoms with Gasteiger partial charge in [0.25, 0.3) is 0 Å². The Morgan fingerprint density at radius 2 is 1.97 bits per heavy atom. The van der Waals surface area contributed by atoms with Crippen molar-refractivity contribution in [2.45, 2.75) is 12.8 Å². The topological polar surface area (TPSA) is 83.1 Å². The number of methoxy groups -OCH3 is 1. The van der Waals surface area contributed by atoms with Crippen LogP contribution in [0.4, 0.5) is 11.5 Å². The van der Waals surface area contributed by atoms with E-state index in [1.807, 2.05) is 54.6 Å². The van der Waals surface area contributed by atoms with Crippen LogP contribution >= 0.6 is 15.9 Å². The zero-order valence-corrected chi connectivity index (χ0v) is 19.8. The van der Waals surface area contributed by atoms with E-state index in [-0.39, 0.29) is 11.8 Å². The van der Waals surface area contributed by atoms with Gasteiger partial charge < -0.3 is 19.9 Å². The summed E-state index contributed by atoms with van der Waals surface area (Å²) in [6, 6.07) is 17.6. The highest BCUT2D eigenvalue weighted by atomic mass is 79.9. The van der Waals surface area contributed by atoms with Crippen LogP contribution in [0.2, 0.25) is 0 Å². The van der Waals surface area contributed by atoms with E-state index >= 15 is 0 Å². The van der Waals surface area contributed by atoms with Crippen LogP contribution in [0.5, 0.6) is 5.75 Å². The number of hydrogen-bond donors (Lipinski definition) is 2. The Morgan fingerprint density at radius 1 is 1.15 bits per heavy atom. The summed E-state index contributed by atoms with van der Waals surface area (Å²) in [5, 5.41) is 3.09. The molecule has 0 bridgehead atoms. The molecule has 0 spiro atoms. The van der Waals surface area contributed by atoms with Gasteiger partial charge in [-0.2, -0.15) is 0 Å². The van der Waals surface area contributed by atoms with E-state index in [0.29, 0.717) is 11.4 Å². The predicted octanol–water partition coefficient (Wildman–Crippen LogP) is 5.25. The molecule has 33 heavy (non-hydrogen) atoms. The van der Waals surface area contributed by atoms with E-state index in [0.717, 1.165) is 58.6 Å². The molecule has 0 radical (unpaired) electrons. The number of piperidine rings is 1.